The lowest BCUT2D eigenvalue weighted by atomic mass is 9.91. The maximum absolute atomic E-state index is 11.0. The average Bonchev–Trinajstić information content (AvgIpc) is 2.02. The van der Waals surface area contributed by atoms with Gasteiger partial charge in [-0.1, -0.05) is 32.4 Å². The highest BCUT2D eigenvalue weighted by Gasteiger charge is 2.18. The van der Waals surface area contributed by atoms with Crippen LogP contribution in [0.25, 0.3) is 0 Å². The molecule has 1 amide bonds. The number of amides is 1. The van der Waals surface area contributed by atoms with Gasteiger partial charge in [-0.2, -0.15) is 0 Å². The second-order valence-corrected chi connectivity index (χ2v) is 4.55. The molecule has 0 spiro atoms. The molecule has 2 N–H and O–H groups in total. The summed E-state index contributed by atoms with van der Waals surface area (Å²) >= 11 is 5.78. The molecule has 1 aromatic heterocycles. The van der Waals surface area contributed by atoms with Crippen LogP contribution in [0.1, 0.15) is 37.0 Å². The molecule has 0 aliphatic carbocycles. The van der Waals surface area contributed by atoms with Crippen molar-refractivity contribution in [3.05, 3.63) is 28.5 Å². The van der Waals surface area contributed by atoms with E-state index in [1.165, 1.54) is 0 Å². The Bertz CT molecular complexity index is 369. The molecular weight excluding hydrogens is 200 g/mol. The van der Waals surface area contributed by atoms with E-state index < -0.39 is 5.91 Å². The minimum Gasteiger partial charge on any atom is -0.364 e. The van der Waals surface area contributed by atoms with E-state index in [9.17, 15) is 4.79 Å². The summed E-state index contributed by atoms with van der Waals surface area (Å²) in [6.45, 7) is 6.02. The third-order valence-corrected chi connectivity index (χ3v) is 2.15. The molecule has 0 unspecified atom stereocenters. The number of carbonyl (C=O) groups excluding carboxylic acids is 1. The number of nitrogens with zero attached hydrogens (tertiary/aromatic N) is 1. The van der Waals surface area contributed by atoms with Crippen molar-refractivity contribution in [1.29, 1.82) is 0 Å². The number of nitrogens with two attached hydrogens (primary N) is 1. The molecule has 3 nitrogen and oxygen atoms in total. The van der Waals surface area contributed by atoms with Gasteiger partial charge < -0.3 is 5.73 Å². The van der Waals surface area contributed by atoms with Crippen molar-refractivity contribution in [2.75, 3.05) is 0 Å². The highest BCUT2D eigenvalue weighted by atomic mass is 35.5. The third-order valence-electron chi connectivity index (χ3n) is 1.85. The minimum atomic E-state index is -0.596. The van der Waals surface area contributed by atoms with Crippen LogP contribution >= 0.6 is 11.6 Å². The number of carbonyl (C=O) groups is 1. The van der Waals surface area contributed by atoms with Crippen molar-refractivity contribution in [2.45, 2.75) is 26.2 Å². The van der Waals surface area contributed by atoms with Gasteiger partial charge in [0.1, 0.15) is 5.69 Å². The molecule has 0 aromatic carbocycles. The van der Waals surface area contributed by atoms with Crippen LogP contribution in [-0.4, -0.2) is 10.9 Å². The molecular formula is C10H13ClN2O. The van der Waals surface area contributed by atoms with Gasteiger partial charge in [-0.15, -0.1) is 0 Å². The van der Waals surface area contributed by atoms with Gasteiger partial charge in [0.25, 0.3) is 5.91 Å². The van der Waals surface area contributed by atoms with Crippen molar-refractivity contribution in [1.82, 2.24) is 4.98 Å². The predicted octanol–water partition coefficient (Wildman–Crippen LogP) is 2.13. The Kier molecular flexibility index (Phi) is 2.81. The van der Waals surface area contributed by atoms with E-state index in [0.29, 0.717) is 5.02 Å². The SMILES string of the molecule is CC(C)(C)c1ccc(Cl)c(C(N)=O)n1. The lowest BCUT2D eigenvalue weighted by molar-refractivity contribution is 0.0995. The van der Waals surface area contributed by atoms with Crippen molar-refractivity contribution in [3.63, 3.8) is 0 Å². The largest absolute Gasteiger partial charge is 0.364 e. The van der Waals surface area contributed by atoms with Crippen LogP contribution in [0.5, 0.6) is 0 Å². The van der Waals surface area contributed by atoms with Crippen molar-refractivity contribution in [3.8, 4) is 0 Å². The van der Waals surface area contributed by atoms with Crippen LogP contribution in [-0.2, 0) is 5.41 Å². The van der Waals surface area contributed by atoms with Gasteiger partial charge >= 0.3 is 0 Å². The molecule has 1 heterocycles. The smallest absolute Gasteiger partial charge is 0.268 e. The maximum Gasteiger partial charge on any atom is 0.268 e. The monoisotopic (exact) mass is 212 g/mol. The fourth-order valence-corrected chi connectivity index (χ4v) is 1.23. The summed E-state index contributed by atoms with van der Waals surface area (Å²) in [6, 6.07) is 3.45. The molecule has 1 rings (SSSR count). The van der Waals surface area contributed by atoms with E-state index in [-0.39, 0.29) is 11.1 Å². The van der Waals surface area contributed by atoms with Crippen molar-refractivity contribution < 1.29 is 4.79 Å². The fraction of sp³-hybridized carbons (Fsp3) is 0.400. The zero-order chi connectivity index (χ0) is 10.9. The molecule has 0 atom stereocenters. The summed E-state index contributed by atoms with van der Waals surface area (Å²) in [7, 11) is 0. The Labute approximate surface area is 88.3 Å². The maximum atomic E-state index is 11.0. The quantitative estimate of drug-likeness (QED) is 0.776. The molecule has 0 bridgehead atoms. The molecule has 0 saturated carbocycles. The Morgan fingerprint density at radius 3 is 2.43 bits per heavy atom. The predicted molar refractivity (Wildman–Crippen MR) is 56.5 cm³/mol. The first kappa shape index (κ1) is 11.0. The van der Waals surface area contributed by atoms with Crippen LogP contribution in [0.2, 0.25) is 5.02 Å². The molecule has 14 heavy (non-hydrogen) atoms. The number of hydrogen-bond donors (Lipinski definition) is 1. The van der Waals surface area contributed by atoms with Crippen LogP contribution in [0, 0.1) is 0 Å². The molecule has 76 valence electrons. The van der Waals surface area contributed by atoms with E-state index >= 15 is 0 Å². The highest BCUT2D eigenvalue weighted by molar-refractivity contribution is 6.33. The Hall–Kier alpha value is -1.09. The first-order chi connectivity index (χ1) is 6.32. The van der Waals surface area contributed by atoms with Crippen LogP contribution in [0.3, 0.4) is 0 Å². The molecule has 0 saturated heterocycles. The lowest BCUT2D eigenvalue weighted by Crippen LogP contribution is -2.19. The van der Waals surface area contributed by atoms with Gasteiger partial charge in [0, 0.05) is 11.1 Å². The highest BCUT2D eigenvalue weighted by Crippen LogP contribution is 2.23. The van der Waals surface area contributed by atoms with Gasteiger partial charge in [-0.25, -0.2) is 4.98 Å². The number of rotatable bonds is 1. The number of hydrogen-bond acceptors (Lipinski definition) is 2. The first-order valence-electron chi connectivity index (χ1n) is 4.29. The zero-order valence-corrected chi connectivity index (χ0v) is 9.22. The molecule has 4 heteroatoms. The van der Waals surface area contributed by atoms with Crippen LogP contribution in [0.4, 0.5) is 0 Å². The van der Waals surface area contributed by atoms with E-state index in [2.05, 4.69) is 4.98 Å². The van der Waals surface area contributed by atoms with Gasteiger partial charge in [-0.05, 0) is 12.1 Å². The molecule has 1 aromatic rings. The van der Waals surface area contributed by atoms with E-state index in [1.807, 2.05) is 20.8 Å². The molecule has 0 aliphatic rings. The van der Waals surface area contributed by atoms with Gasteiger partial charge in [-0.3, -0.25) is 4.79 Å². The van der Waals surface area contributed by atoms with Crippen LogP contribution < -0.4 is 5.73 Å². The minimum absolute atomic E-state index is 0.116. The number of pyridine rings is 1. The summed E-state index contributed by atoms with van der Waals surface area (Å²) in [5.41, 5.74) is 5.96. The Morgan fingerprint density at radius 2 is 2.00 bits per heavy atom. The number of primary amides is 1. The second kappa shape index (κ2) is 3.58. The topological polar surface area (TPSA) is 56.0 Å². The summed E-state index contributed by atoms with van der Waals surface area (Å²) in [5, 5.41) is 0.297. The average molecular weight is 213 g/mol. The number of aromatic nitrogens is 1. The zero-order valence-electron chi connectivity index (χ0n) is 8.47. The Morgan fingerprint density at radius 1 is 1.43 bits per heavy atom. The molecule has 0 radical (unpaired) electrons. The standard InChI is InChI=1S/C10H13ClN2O/c1-10(2,3)7-5-4-6(11)8(13-7)9(12)14/h4-5H,1-3H3,(H2,12,14). The fourth-order valence-electron chi connectivity index (χ4n) is 1.03. The van der Waals surface area contributed by atoms with Gasteiger partial charge in [0.15, 0.2) is 0 Å². The summed E-state index contributed by atoms with van der Waals surface area (Å²) in [6.07, 6.45) is 0. The van der Waals surface area contributed by atoms with Gasteiger partial charge in [0.05, 0.1) is 5.02 Å². The van der Waals surface area contributed by atoms with Crippen molar-refractivity contribution in [2.24, 2.45) is 5.73 Å². The van der Waals surface area contributed by atoms with E-state index in [0.717, 1.165) is 5.69 Å². The van der Waals surface area contributed by atoms with Crippen LogP contribution in [0.15, 0.2) is 12.1 Å². The van der Waals surface area contributed by atoms with Crippen molar-refractivity contribution >= 4 is 17.5 Å². The Balaban J connectivity index is 3.27. The van der Waals surface area contributed by atoms with E-state index in [1.54, 1.807) is 12.1 Å². The first-order valence-corrected chi connectivity index (χ1v) is 4.67. The lowest BCUT2D eigenvalue weighted by Gasteiger charge is -2.18. The number of halogens is 1. The van der Waals surface area contributed by atoms with E-state index in [4.69, 9.17) is 17.3 Å². The third kappa shape index (κ3) is 2.23. The summed E-state index contributed by atoms with van der Waals surface area (Å²) in [5.74, 6) is -0.596. The normalized spacial score (nSPS) is 11.4. The summed E-state index contributed by atoms with van der Waals surface area (Å²) < 4.78 is 0. The van der Waals surface area contributed by atoms with Gasteiger partial charge in [0.2, 0.25) is 0 Å². The second-order valence-electron chi connectivity index (χ2n) is 4.14. The molecule has 0 fully saturated rings. The summed E-state index contributed by atoms with van der Waals surface area (Å²) in [4.78, 5) is 15.1. The molecule has 0 aliphatic heterocycles.